The molecular weight excluding hydrogens is 224 g/mol. The maximum atomic E-state index is 5.60. The van der Waals surface area contributed by atoms with Crippen molar-refractivity contribution in [3.63, 3.8) is 0 Å². The summed E-state index contributed by atoms with van der Waals surface area (Å²) in [4.78, 5) is 4.15. The fraction of sp³-hybridized carbons (Fsp3) is 0.267. The molecule has 0 bridgehead atoms. The van der Waals surface area contributed by atoms with Gasteiger partial charge in [-0.25, -0.2) is 4.98 Å². The minimum atomic E-state index is 0.517. The Morgan fingerprint density at radius 3 is 2.67 bits per heavy atom. The number of aryl methyl sites for hydroxylation is 1. The maximum Gasteiger partial charge on any atom is 0.213 e. The van der Waals surface area contributed by atoms with Crippen molar-refractivity contribution in [3.05, 3.63) is 59.8 Å². The Morgan fingerprint density at radius 1 is 1.06 bits per heavy atom. The van der Waals surface area contributed by atoms with Crippen LogP contribution >= 0.6 is 0 Å². The molecule has 3 heteroatoms. The quantitative estimate of drug-likeness (QED) is 0.792. The Kier molecular flexibility index (Phi) is 4.73. The van der Waals surface area contributed by atoms with Crippen molar-refractivity contribution < 1.29 is 4.74 Å². The van der Waals surface area contributed by atoms with Gasteiger partial charge in [0.15, 0.2) is 0 Å². The Labute approximate surface area is 108 Å². The fourth-order valence-corrected chi connectivity index (χ4v) is 1.75. The molecule has 2 N–H and O–H groups in total. The molecule has 18 heavy (non-hydrogen) atoms. The van der Waals surface area contributed by atoms with Crippen molar-refractivity contribution in [1.82, 2.24) is 4.98 Å². The van der Waals surface area contributed by atoms with Gasteiger partial charge in [0.2, 0.25) is 5.88 Å². The van der Waals surface area contributed by atoms with E-state index in [1.165, 1.54) is 5.56 Å². The van der Waals surface area contributed by atoms with Gasteiger partial charge in [-0.3, -0.25) is 0 Å². The molecule has 1 heterocycles. The molecule has 0 saturated carbocycles. The largest absolute Gasteiger partial charge is 0.478 e. The molecule has 0 aliphatic heterocycles. The lowest BCUT2D eigenvalue weighted by molar-refractivity contribution is 0.299. The highest BCUT2D eigenvalue weighted by Crippen LogP contribution is 2.09. The van der Waals surface area contributed by atoms with Gasteiger partial charge in [-0.2, -0.15) is 0 Å². The normalized spacial score (nSPS) is 10.3. The lowest BCUT2D eigenvalue weighted by Crippen LogP contribution is -2.02. The second kappa shape index (κ2) is 6.77. The molecule has 94 valence electrons. The first kappa shape index (κ1) is 12.6. The third-order valence-electron chi connectivity index (χ3n) is 2.74. The minimum absolute atomic E-state index is 0.517. The van der Waals surface area contributed by atoms with E-state index in [2.05, 4.69) is 29.2 Å². The van der Waals surface area contributed by atoms with E-state index in [0.29, 0.717) is 19.0 Å². The standard InChI is InChI=1S/C15H18N2O/c16-12-14-8-9-17-15(11-14)18-10-4-7-13-5-2-1-3-6-13/h1-3,5-6,8-9,11H,4,7,10,12,16H2. The van der Waals surface area contributed by atoms with E-state index in [1.807, 2.05) is 18.2 Å². The van der Waals surface area contributed by atoms with E-state index in [4.69, 9.17) is 10.5 Å². The Morgan fingerprint density at radius 2 is 1.89 bits per heavy atom. The van der Waals surface area contributed by atoms with Crippen LogP contribution in [0.4, 0.5) is 0 Å². The van der Waals surface area contributed by atoms with Crippen LogP contribution in [0.15, 0.2) is 48.7 Å². The molecule has 0 radical (unpaired) electrons. The van der Waals surface area contributed by atoms with Crippen molar-refractivity contribution in [3.8, 4) is 5.88 Å². The number of rotatable bonds is 6. The number of hydrogen-bond acceptors (Lipinski definition) is 3. The van der Waals surface area contributed by atoms with Crippen LogP contribution in [0.3, 0.4) is 0 Å². The molecule has 0 atom stereocenters. The number of pyridine rings is 1. The van der Waals surface area contributed by atoms with Crippen LogP contribution in [0, 0.1) is 0 Å². The van der Waals surface area contributed by atoms with Gasteiger partial charge in [0.25, 0.3) is 0 Å². The molecular formula is C15H18N2O. The Balaban J connectivity index is 1.75. The lowest BCUT2D eigenvalue weighted by atomic mass is 10.1. The number of nitrogens with two attached hydrogens (primary N) is 1. The molecule has 0 saturated heterocycles. The van der Waals surface area contributed by atoms with E-state index < -0.39 is 0 Å². The second-order valence-corrected chi connectivity index (χ2v) is 4.14. The van der Waals surface area contributed by atoms with Gasteiger partial charge in [-0.05, 0) is 30.0 Å². The molecule has 2 aromatic rings. The average Bonchev–Trinajstić information content (AvgIpc) is 2.45. The predicted molar refractivity (Wildman–Crippen MR) is 72.4 cm³/mol. The summed E-state index contributed by atoms with van der Waals surface area (Å²) in [6, 6.07) is 14.2. The van der Waals surface area contributed by atoms with Gasteiger partial charge < -0.3 is 10.5 Å². The van der Waals surface area contributed by atoms with Crippen LogP contribution < -0.4 is 10.5 Å². The summed E-state index contributed by atoms with van der Waals surface area (Å²) in [5.74, 6) is 0.658. The summed E-state index contributed by atoms with van der Waals surface area (Å²) in [6.45, 7) is 1.19. The molecule has 3 nitrogen and oxygen atoms in total. The average molecular weight is 242 g/mol. The molecule has 0 amide bonds. The fourth-order valence-electron chi connectivity index (χ4n) is 1.75. The van der Waals surface area contributed by atoms with Gasteiger partial charge >= 0.3 is 0 Å². The third-order valence-corrected chi connectivity index (χ3v) is 2.74. The summed E-state index contributed by atoms with van der Waals surface area (Å²) >= 11 is 0. The topological polar surface area (TPSA) is 48.1 Å². The van der Waals surface area contributed by atoms with Gasteiger partial charge in [-0.15, -0.1) is 0 Å². The Hall–Kier alpha value is -1.87. The molecule has 1 aromatic carbocycles. The van der Waals surface area contributed by atoms with E-state index in [1.54, 1.807) is 6.20 Å². The lowest BCUT2D eigenvalue weighted by Gasteiger charge is -2.06. The number of hydrogen-bond donors (Lipinski definition) is 1. The van der Waals surface area contributed by atoms with Crippen molar-refractivity contribution in [1.29, 1.82) is 0 Å². The molecule has 0 unspecified atom stereocenters. The van der Waals surface area contributed by atoms with E-state index in [0.717, 1.165) is 18.4 Å². The molecule has 1 aromatic heterocycles. The summed E-state index contributed by atoms with van der Waals surface area (Å²) in [5, 5.41) is 0. The molecule has 0 fully saturated rings. The molecule has 0 aliphatic rings. The van der Waals surface area contributed by atoms with Crippen molar-refractivity contribution in [2.45, 2.75) is 19.4 Å². The van der Waals surface area contributed by atoms with Gasteiger partial charge in [0.05, 0.1) is 6.61 Å². The van der Waals surface area contributed by atoms with Crippen molar-refractivity contribution in [2.24, 2.45) is 5.73 Å². The van der Waals surface area contributed by atoms with Gasteiger partial charge in [-0.1, -0.05) is 30.3 Å². The molecule has 0 aliphatic carbocycles. The first-order valence-electron chi connectivity index (χ1n) is 6.20. The molecule has 0 spiro atoms. The van der Waals surface area contributed by atoms with Crippen LogP contribution in [0.5, 0.6) is 5.88 Å². The number of benzene rings is 1. The van der Waals surface area contributed by atoms with Gasteiger partial charge in [0.1, 0.15) is 0 Å². The van der Waals surface area contributed by atoms with Crippen LogP contribution in [0.25, 0.3) is 0 Å². The monoisotopic (exact) mass is 242 g/mol. The number of aromatic nitrogens is 1. The van der Waals surface area contributed by atoms with E-state index >= 15 is 0 Å². The number of nitrogens with zero attached hydrogens (tertiary/aromatic N) is 1. The minimum Gasteiger partial charge on any atom is -0.478 e. The number of ether oxygens (including phenoxy) is 1. The zero-order chi connectivity index (χ0) is 12.6. The zero-order valence-corrected chi connectivity index (χ0v) is 10.4. The summed E-state index contributed by atoms with van der Waals surface area (Å²) in [7, 11) is 0. The second-order valence-electron chi connectivity index (χ2n) is 4.14. The van der Waals surface area contributed by atoms with E-state index in [-0.39, 0.29) is 0 Å². The Bertz CT molecular complexity index is 471. The highest BCUT2D eigenvalue weighted by molar-refractivity contribution is 5.20. The first-order valence-corrected chi connectivity index (χ1v) is 6.20. The summed E-state index contributed by atoms with van der Waals surface area (Å²) in [6.07, 6.45) is 3.74. The SMILES string of the molecule is NCc1ccnc(OCCCc2ccccc2)c1. The highest BCUT2D eigenvalue weighted by atomic mass is 16.5. The first-order chi connectivity index (χ1) is 8.88. The van der Waals surface area contributed by atoms with E-state index in [9.17, 15) is 0 Å². The predicted octanol–water partition coefficient (Wildman–Crippen LogP) is 2.55. The summed E-state index contributed by atoms with van der Waals surface area (Å²) < 4.78 is 5.60. The third kappa shape index (κ3) is 3.86. The zero-order valence-electron chi connectivity index (χ0n) is 10.4. The van der Waals surface area contributed by atoms with Crippen LogP contribution in [0.1, 0.15) is 17.5 Å². The summed E-state index contributed by atoms with van der Waals surface area (Å²) in [5.41, 5.74) is 7.95. The van der Waals surface area contributed by atoms with Crippen molar-refractivity contribution in [2.75, 3.05) is 6.61 Å². The molecule has 2 rings (SSSR count). The van der Waals surface area contributed by atoms with Crippen LogP contribution in [-0.2, 0) is 13.0 Å². The van der Waals surface area contributed by atoms with Crippen molar-refractivity contribution >= 4 is 0 Å². The smallest absolute Gasteiger partial charge is 0.213 e. The highest BCUT2D eigenvalue weighted by Gasteiger charge is 1.97. The van der Waals surface area contributed by atoms with Crippen LogP contribution in [0.2, 0.25) is 0 Å². The maximum absolute atomic E-state index is 5.60. The van der Waals surface area contributed by atoms with Crippen LogP contribution in [-0.4, -0.2) is 11.6 Å². The van der Waals surface area contributed by atoms with Gasteiger partial charge in [0, 0.05) is 18.8 Å².